The van der Waals surface area contributed by atoms with Crippen LogP contribution in [-0.2, 0) is 11.3 Å². The molecule has 0 heterocycles. The molecular formula is C19H21NO. The zero-order chi connectivity index (χ0) is 15.1. The fraction of sp³-hybridized carbons (Fsp3) is 0.211. The van der Waals surface area contributed by atoms with Gasteiger partial charge in [0.2, 0.25) is 5.91 Å². The fourth-order valence-electron chi connectivity index (χ4n) is 2.12. The van der Waals surface area contributed by atoms with Gasteiger partial charge in [-0.15, -0.1) is 0 Å². The summed E-state index contributed by atoms with van der Waals surface area (Å²) in [6, 6.07) is 20.1. The van der Waals surface area contributed by atoms with Crippen molar-refractivity contribution in [2.24, 2.45) is 0 Å². The van der Waals surface area contributed by atoms with Crippen LogP contribution in [0.2, 0.25) is 0 Å². The maximum Gasteiger partial charge on any atom is 0.247 e. The van der Waals surface area contributed by atoms with Crippen molar-refractivity contribution in [3.05, 3.63) is 77.9 Å². The van der Waals surface area contributed by atoms with Crippen molar-refractivity contribution < 1.29 is 4.79 Å². The highest BCUT2D eigenvalue weighted by atomic mass is 16.2. The first-order valence-corrected chi connectivity index (χ1v) is 7.24. The molecule has 0 N–H and O–H groups in total. The third-order valence-electron chi connectivity index (χ3n) is 3.32. The molecule has 0 aromatic heterocycles. The van der Waals surface area contributed by atoms with Gasteiger partial charge in [-0.3, -0.25) is 4.79 Å². The van der Waals surface area contributed by atoms with Gasteiger partial charge in [0.05, 0.1) is 0 Å². The Morgan fingerprint density at radius 2 is 1.57 bits per heavy atom. The first-order chi connectivity index (χ1) is 10.2. The van der Waals surface area contributed by atoms with Crippen LogP contribution in [0.4, 0.5) is 0 Å². The van der Waals surface area contributed by atoms with Crippen molar-refractivity contribution in [1.82, 2.24) is 4.90 Å². The summed E-state index contributed by atoms with van der Waals surface area (Å²) in [5.41, 5.74) is 2.18. The molecule has 2 heteroatoms. The second-order valence-corrected chi connectivity index (χ2v) is 5.29. The quantitative estimate of drug-likeness (QED) is 0.753. The molecule has 2 aromatic rings. The number of benzene rings is 2. The van der Waals surface area contributed by atoms with E-state index in [4.69, 9.17) is 0 Å². The van der Waals surface area contributed by atoms with E-state index in [9.17, 15) is 4.79 Å². The number of carbonyl (C=O) groups is 1. The van der Waals surface area contributed by atoms with Gasteiger partial charge in [-0.05, 0) is 31.1 Å². The molecule has 0 fully saturated rings. The van der Waals surface area contributed by atoms with E-state index < -0.39 is 0 Å². The number of rotatable bonds is 5. The average molecular weight is 279 g/mol. The molecule has 0 aliphatic carbocycles. The highest BCUT2D eigenvalue weighted by molar-refractivity contribution is 5.91. The third-order valence-corrected chi connectivity index (χ3v) is 3.32. The summed E-state index contributed by atoms with van der Waals surface area (Å²) in [6.45, 7) is 4.71. The summed E-state index contributed by atoms with van der Waals surface area (Å²) in [7, 11) is 0. The lowest BCUT2D eigenvalue weighted by Gasteiger charge is -2.25. The van der Waals surface area contributed by atoms with Crippen molar-refractivity contribution in [1.29, 1.82) is 0 Å². The van der Waals surface area contributed by atoms with Gasteiger partial charge in [-0.1, -0.05) is 60.7 Å². The number of hydrogen-bond acceptors (Lipinski definition) is 1. The van der Waals surface area contributed by atoms with Gasteiger partial charge in [-0.2, -0.15) is 0 Å². The van der Waals surface area contributed by atoms with Gasteiger partial charge >= 0.3 is 0 Å². The first-order valence-electron chi connectivity index (χ1n) is 7.24. The van der Waals surface area contributed by atoms with Crippen LogP contribution in [0.25, 0.3) is 6.08 Å². The standard InChI is InChI=1S/C19H21NO/c1-16(2)20(15-18-11-7-4-8-12-18)19(21)14-13-17-9-5-3-6-10-17/h3-14,16H,15H2,1-2H3/b14-13+. The van der Waals surface area contributed by atoms with E-state index in [1.165, 1.54) is 0 Å². The van der Waals surface area contributed by atoms with E-state index in [0.717, 1.165) is 11.1 Å². The zero-order valence-corrected chi connectivity index (χ0v) is 12.6. The summed E-state index contributed by atoms with van der Waals surface area (Å²) in [4.78, 5) is 14.3. The predicted octanol–water partition coefficient (Wildman–Crippen LogP) is 4.14. The van der Waals surface area contributed by atoms with E-state index in [1.54, 1.807) is 6.08 Å². The molecule has 0 aliphatic rings. The smallest absolute Gasteiger partial charge is 0.247 e. The Balaban J connectivity index is 2.08. The lowest BCUT2D eigenvalue weighted by molar-refractivity contribution is -0.128. The van der Waals surface area contributed by atoms with E-state index >= 15 is 0 Å². The highest BCUT2D eigenvalue weighted by Gasteiger charge is 2.14. The SMILES string of the molecule is CC(C)N(Cc1ccccc1)C(=O)/C=C/c1ccccc1. The van der Waals surface area contributed by atoms with Crippen LogP contribution in [0, 0.1) is 0 Å². The zero-order valence-electron chi connectivity index (χ0n) is 12.6. The Kier molecular flexibility index (Phi) is 5.33. The Labute approximate surface area is 126 Å². The molecule has 0 aliphatic heterocycles. The maximum absolute atomic E-state index is 12.4. The number of carbonyl (C=O) groups excluding carboxylic acids is 1. The average Bonchev–Trinajstić information content (AvgIpc) is 2.52. The molecule has 0 radical (unpaired) electrons. The number of amides is 1. The molecule has 2 rings (SSSR count). The van der Waals surface area contributed by atoms with E-state index in [2.05, 4.69) is 0 Å². The van der Waals surface area contributed by atoms with Crippen LogP contribution in [0.3, 0.4) is 0 Å². The van der Waals surface area contributed by atoms with Crippen LogP contribution in [0.5, 0.6) is 0 Å². The fourth-order valence-corrected chi connectivity index (χ4v) is 2.12. The second kappa shape index (κ2) is 7.44. The Morgan fingerprint density at radius 3 is 2.14 bits per heavy atom. The van der Waals surface area contributed by atoms with Gasteiger partial charge in [-0.25, -0.2) is 0 Å². The van der Waals surface area contributed by atoms with Crippen molar-refractivity contribution in [2.45, 2.75) is 26.4 Å². The van der Waals surface area contributed by atoms with E-state index in [-0.39, 0.29) is 11.9 Å². The van der Waals surface area contributed by atoms with Crippen molar-refractivity contribution in [3.8, 4) is 0 Å². The molecule has 0 atom stereocenters. The predicted molar refractivity (Wildman–Crippen MR) is 87.6 cm³/mol. The molecule has 108 valence electrons. The second-order valence-electron chi connectivity index (χ2n) is 5.29. The maximum atomic E-state index is 12.4. The monoisotopic (exact) mass is 279 g/mol. The van der Waals surface area contributed by atoms with Gasteiger partial charge in [0.25, 0.3) is 0 Å². The van der Waals surface area contributed by atoms with Gasteiger partial charge < -0.3 is 4.90 Å². The molecule has 2 aromatic carbocycles. The number of nitrogens with zero attached hydrogens (tertiary/aromatic N) is 1. The summed E-state index contributed by atoms with van der Waals surface area (Å²) in [6.07, 6.45) is 3.51. The Morgan fingerprint density at radius 1 is 1.00 bits per heavy atom. The summed E-state index contributed by atoms with van der Waals surface area (Å²) >= 11 is 0. The Hall–Kier alpha value is -2.35. The van der Waals surface area contributed by atoms with E-state index in [1.807, 2.05) is 85.5 Å². The summed E-state index contributed by atoms with van der Waals surface area (Å²) in [5.74, 6) is 0.0395. The third kappa shape index (κ3) is 4.60. The largest absolute Gasteiger partial charge is 0.332 e. The topological polar surface area (TPSA) is 20.3 Å². The number of hydrogen-bond donors (Lipinski definition) is 0. The summed E-state index contributed by atoms with van der Waals surface area (Å²) in [5, 5.41) is 0. The molecular weight excluding hydrogens is 258 g/mol. The molecule has 0 unspecified atom stereocenters. The van der Waals surface area contributed by atoms with Crippen LogP contribution < -0.4 is 0 Å². The van der Waals surface area contributed by atoms with Crippen LogP contribution in [0.1, 0.15) is 25.0 Å². The van der Waals surface area contributed by atoms with Crippen LogP contribution in [0.15, 0.2) is 66.7 Å². The molecule has 2 nitrogen and oxygen atoms in total. The molecule has 0 bridgehead atoms. The normalized spacial score (nSPS) is 11.0. The van der Waals surface area contributed by atoms with Gasteiger partial charge in [0.15, 0.2) is 0 Å². The minimum absolute atomic E-state index is 0.0395. The van der Waals surface area contributed by atoms with Crippen LogP contribution >= 0.6 is 0 Å². The van der Waals surface area contributed by atoms with Gasteiger partial charge in [0, 0.05) is 18.7 Å². The molecule has 1 amide bonds. The van der Waals surface area contributed by atoms with Gasteiger partial charge in [0.1, 0.15) is 0 Å². The Bertz CT molecular complexity index is 587. The molecule has 0 saturated heterocycles. The summed E-state index contributed by atoms with van der Waals surface area (Å²) < 4.78 is 0. The van der Waals surface area contributed by atoms with E-state index in [0.29, 0.717) is 6.54 Å². The lowest BCUT2D eigenvalue weighted by Crippen LogP contribution is -2.35. The highest BCUT2D eigenvalue weighted by Crippen LogP contribution is 2.10. The first kappa shape index (κ1) is 15.0. The lowest BCUT2D eigenvalue weighted by atomic mass is 10.1. The van der Waals surface area contributed by atoms with Crippen molar-refractivity contribution >= 4 is 12.0 Å². The minimum Gasteiger partial charge on any atom is -0.332 e. The molecule has 0 spiro atoms. The van der Waals surface area contributed by atoms with Crippen molar-refractivity contribution in [3.63, 3.8) is 0 Å². The molecule has 0 saturated carbocycles. The van der Waals surface area contributed by atoms with Crippen molar-refractivity contribution in [2.75, 3.05) is 0 Å². The molecule has 21 heavy (non-hydrogen) atoms. The minimum atomic E-state index is 0.0395. The van der Waals surface area contributed by atoms with Crippen LogP contribution in [-0.4, -0.2) is 16.8 Å².